The molecule has 1 fully saturated rings. The van der Waals surface area contributed by atoms with Gasteiger partial charge in [-0.3, -0.25) is 9.59 Å². The first-order valence-corrected chi connectivity index (χ1v) is 10.4. The highest BCUT2D eigenvalue weighted by Crippen LogP contribution is 2.35. The number of piperidine rings is 1. The highest BCUT2D eigenvalue weighted by atomic mass is 16.8. The molecule has 2 N–H and O–H groups in total. The van der Waals surface area contributed by atoms with E-state index >= 15 is 0 Å². The number of nitrogens with one attached hydrogen (secondary N) is 1. The largest absolute Gasteiger partial charge is 0.595 e. The van der Waals surface area contributed by atoms with Gasteiger partial charge in [0, 0.05) is 62.7 Å². The van der Waals surface area contributed by atoms with E-state index in [0.29, 0.717) is 26.1 Å². The van der Waals surface area contributed by atoms with E-state index in [9.17, 15) is 20.0 Å². The number of quaternary nitrogens is 1. The Morgan fingerprint density at radius 3 is 2.69 bits per heavy atom. The van der Waals surface area contributed by atoms with Crippen LogP contribution >= 0.6 is 0 Å². The third kappa shape index (κ3) is 4.29. The van der Waals surface area contributed by atoms with Crippen molar-refractivity contribution >= 4 is 11.6 Å². The molecular weight excluding hydrogens is 372 g/mol. The maximum atomic E-state index is 12.7. The number of carbonyl (C=O) groups excluding carboxylic acids is 1. The summed E-state index contributed by atoms with van der Waals surface area (Å²) in [5.41, 5.74) is 0.259. The van der Waals surface area contributed by atoms with Gasteiger partial charge in [0.15, 0.2) is 0 Å². The Morgan fingerprint density at radius 1 is 1.14 bits per heavy atom. The number of hydrogen-bond donors (Lipinski definition) is 2. The monoisotopic (exact) mass is 400 g/mol. The average Bonchev–Trinajstić information content (AvgIpc) is 3.21. The maximum Gasteiger partial charge on any atom is 0.315 e. The second-order valence-electron chi connectivity index (χ2n) is 8.22. The summed E-state index contributed by atoms with van der Waals surface area (Å²) < 4.78 is 3.77. The second kappa shape index (κ2) is 8.52. The van der Waals surface area contributed by atoms with Gasteiger partial charge in [0.05, 0.1) is 0 Å². The molecule has 1 saturated heterocycles. The fraction of sp³-hybridized carbons (Fsp3) is 0.524. The van der Waals surface area contributed by atoms with Gasteiger partial charge in [0.2, 0.25) is 11.6 Å². The van der Waals surface area contributed by atoms with Crippen LogP contribution in [0.2, 0.25) is 0 Å². The predicted octanol–water partition coefficient (Wildman–Crippen LogP) is 1.26. The Kier molecular flexibility index (Phi) is 5.84. The topological polar surface area (TPSA) is 95.0 Å². The minimum Gasteiger partial charge on any atom is -0.595 e. The number of nitrogens with zero attached hydrogens (tertiary/aromatic N) is 3. The second-order valence-corrected chi connectivity index (χ2v) is 8.22. The minimum atomic E-state index is -1.19. The van der Waals surface area contributed by atoms with Crippen molar-refractivity contribution in [3.63, 3.8) is 0 Å². The van der Waals surface area contributed by atoms with Crippen LogP contribution in [0.25, 0.3) is 0 Å². The van der Waals surface area contributed by atoms with Crippen LogP contribution in [0, 0.1) is 11.1 Å². The smallest absolute Gasteiger partial charge is 0.315 e. The molecule has 8 heteroatoms. The van der Waals surface area contributed by atoms with Gasteiger partial charge in [0.25, 0.3) is 0 Å². The Balaban J connectivity index is 1.32. The van der Waals surface area contributed by atoms with Crippen LogP contribution in [-0.4, -0.2) is 38.2 Å². The van der Waals surface area contributed by atoms with Crippen LogP contribution in [0.15, 0.2) is 41.5 Å². The van der Waals surface area contributed by atoms with E-state index in [1.807, 2.05) is 17.0 Å². The number of hydrogen-bond acceptors (Lipinski definition) is 4. The lowest BCUT2D eigenvalue weighted by molar-refractivity contribution is -0.992. The molecule has 2 aromatic heterocycles. The number of fused-ring (bicyclic) bond motifs is 4. The van der Waals surface area contributed by atoms with Crippen LogP contribution in [0.5, 0.6) is 0 Å². The van der Waals surface area contributed by atoms with E-state index in [1.165, 1.54) is 6.07 Å². The molecule has 1 amide bonds. The van der Waals surface area contributed by atoms with Crippen LogP contribution in [0.1, 0.15) is 43.7 Å². The molecule has 2 aliphatic heterocycles. The van der Waals surface area contributed by atoms with E-state index in [0.717, 1.165) is 37.9 Å². The number of aryl methyl sites for hydroxylation is 1. The summed E-state index contributed by atoms with van der Waals surface area (Å²) in [5.74, 6) is 0.509. The lowest BCUT2D eigenvalue weighted by atomic mass is 9.83. The molecule has 156 valence electrons. The van der Waals surface area contributed by atoms with Gasteiger partial charge in [-0.1, -0.05) is 6.42 Å². The molecule has 4 heterocycles. The Labute approximate surface area is 169 Å². The van der Waals surface area contributed by atoms with Crippen LogP contribution < -0.4 is 10.8 Å². The summed E-state index contributed by atoms with van der Waals surface area (Å²) in [7, 11) is 0. The Bertz CT molecular complexity index is 906. The molecule has 0 saturated carbocycles. The predicted molar refractivity (Wildman–Crippen MR) is 107 cm³/mol. The first-order valence-electron chi connectivity index (χ1n) is 10.4. The number of aromatic nitrogens is 2. The molecule has 0 spiro atoms. The first-order chi connectivity index (χ1) is 14.0. The van der Waals surface area contributed by atoms with Gasteiger partial charge in [-0.15, -0.1) is 0 Å². The van der Waals surface area contributed by atoms with Gasteiger partial charge >= 0.3 is 5.56 Å². The molecule has 4 rings (SSSR count). The minimum absolute atomic E-state index is 0.107. The lowest BCUT2D eigenvalue weighted by Crippen LogP contribution is -3.00. The number of unbranched alkanes of at least 4 members (excludes halogenated alkanes) is 2. The van der Waals surface area contributed by atoms with Gasteiger partial charge in [-0.25, -0.2) is 5.21 Å². The fourth-order valence-corrected chi connectivity index (χ4v) is 4.74. The zero-order chi connectivity index (χ0) is 20.4. The van der Waals surface area contributed by atoms with Gasteiger partial charge in [0.1, 0.15) is 0 Å². The molecule has 1 unspecified atom stereocenters. The number of likely N-dealkylation sites (tertiary alicyclic amines) is 1. The molecule has 2 bridgehead atoms. The molecule has 8 nitrogen and oxygen atoms in total. The number of pyridine rings is 1. The van der Waals surface area contributed by atoms with Crippen molar-refractivity contribution < 1.29 is 15.2 Å². The summed E-state index contributed by atoms with van der Waals surface area (Å²) in [6, 6.07) is 7.19. The summed E-state index contributed by atoms with van der Waals surface area (Å²) in [6.07, 6.45) is 8.61. The van der Waals surface area contributed by atoms with E-state index < -0.39 is 10.8 Å². The van der Waals surface area contributed by atoms with Crippen molar-refractivity contribution in [2.75, 3.05) is 13.1 Å². The van der Waals surface area contributed by atoms with Gasteiger partial charge in [-0.2, -0.15) is 5.23 Å². The molecule has 0 radical (unpaired) electrons. The molecule has 2 aromatic rings. The third-order valence-electron chi connectivity index (χ3n) is 6.16. The van der Waals surface area contributed by atoms with E-state index in [-0.39, 0.29) is 23.4 Å². The van der Waals surface area contributed by atoms with Crippen molar-refractivity contribution in [3.05, 3.63) is 57.9 Å². The Hall–Kier alpha value is -2.42. The quantitative estimate of drug-likeness (QED) is 0.540. The average molecular weight is 400 g/mol. The summed E-state index contributed by atoms with van der Waals surface area (Å²) >= 11 is 0. The third-order valence-corrected chi connectivity index (χ3v) is 6.16. The first kappa shape index (κ1) is 19.9. The highest BCUT2D eigenvalue weighted by Gasteiger charge is 2.36. The molecule has 2 aliphatic rings. The van der Waals surface area contributed by atoms with Crippen LogP contribution in [0.3, 0.4) is 0 Å². The van der Waals surface area contributed by atoms with Gasteiger partial charge < -0.3 is 19.2 Å². The van der Waals surface area contributed by atoms with E-state index in [4.69, 9.17) is 0 Å². The SMILES string of the molecule is O=C(CCCCCn1cccc1)N1C[C@H]2C[C@@H](C1)c1ccc([NH+]([O-])O)c(=O)n1C2. The number of carbonyl (C=O) groups is 1. The van der Waals surface area contributed by atoms with Crippen LogP contribution in [-0.2, 0) is 17.9 Å². The summed E-state index contributed by atoms with van der Waals surface area (Å²) in [4.78, 5) is 27.2. The van der Waals surface area contributed by atoms with Crippen molar-refractivity contribution in [3.8, 4) is 0 Å². The standard InChI is InChI=1S/C21H28N4O4/c26-20(6-2-1-3-9-22-10-4-5-11-22)23-13-16-12-17(15-23)18-7-8-19(25(28)29)21(27)24(18)14-16/h4-5,7-8,10-11,16-17,25,28H,1-3,6,9,12-15H2/t16-,17+/m1/s1. The molecule has 0 aromatic carbocycles. The van der Waals surface area contributed by atoms with Crippen molar-refractivity contribution in [2.24, 2.45) is 5.92 Å². The molecule has 29 heavy (non-hydrogen) atoms. The Morgan fingerprint density at radius 2 is 1.93 bits per heavy atom. The summed E-state index contributed by atoms with van der Waals surface area (Å²) in [5, 5.41) is 19.2. The van der Waals surface area contributed by atoms with Crippen LogP contribution in [0.4, 0.5) is 5.69 Å². The normalized spacial score (nSPS) is 21.7. The van der Waals surface area contributed by atoms with E-state index in [1.54, 1.807) is 10.6 Å². The fourth-order valence-electron chi connectivity index (χ4n) is 4.74. The van der Waals surface area contributed by atoms with Crippen molar-refractivity contribution in [1.29, 1.82) is 0 Å². The number of rotatable bonds is 7. The zero-order valence-corrected chi connectivity index (χ0v) is 16.5. The van der Waals surface area contributed by atoms with Crippen molar-refractivity contribution in [1.82, 2.24) is 14.0 Å². The maximum absolute atomic E-state index is 12.7. The zero-order valence-electron chi connectivity index (χ0n) is 16.5. The van der Waals surface area contributed by atoms with Crippen molar-refractivity contribution in [2.45, 2.75) is 51.1 Å². The van der Waals surface area contributed by atoms with E-state index in [2.05, 4.69) is 17.0 Å². The lowest BCUT2D eigenvalue weighted by Gasteiger charge is -2.43. The molecule has 3 atom stereocenters. The number of amides is 1. The molecule has 0 aliphatic carbocycles. The highest BCUT2D eigenvalue weighted by molar-refractivity contribution is 5.76. The molecular formula is C21H28N4O4. The summed E-state index contributed by atoms with van der Waals surface area (Å²) in [6.45, 7) is 2.75. The van der Waals surface area contributed by atoms with Gasteiger partial charge in [-0.05, 0) is 43.4 Å².